The summed E-state index contributed by atoms with van der Waals surface area (Å²) in [4.78, 5) is 15.1. The Balaban J connectivity index is 1.40. The monoisotopic (exact) mass is 363 g/mol. The lowest BCUT2D eigenvalue weighted by atomic mass is 9.88. The molecule has 4 rings (SSSR count). The van der Waals surface area contributed by atoms with Crippen LogP contribution in [-0.4, -0.2) is 30.1 Å². The summed E-state index contributed by atoms with van der Waals surface area (Å²) < 4.78 is 11.8. The molecular weight excluding hydrogens is 338 g/mol. The van der Waals surface area contributed by atoms with Gasteiger partial charge in [0.1, 0.15) is 0 Å². The fraction of sp³-hybridized carbons (Fsp3) is 0.348. The summed E-state index contributed by atoms with van der Waals surface area (Å²) in [7, 11) is 0. The first-order valence-corrected chi connectivity index (χ1v) is 9.52. The molecule has 4 nitrogen and oxygen atoms in total. The van der Waals surface area contributed by atoms with E-state index in [1.165, 1.54) is 0 Å². The van der Waals surface area contributed by atoms with Gasteiger partial charge >= 0.3 is 0 Å². The molecule has 0 aliphatic carbocycles. The Morgan fingerprint density at radius 1 is 1.11 bits per heavy atom. The number of carbonyl (C=O) groups excluding carboxylic acids is 1. The lowest BCUT2D eigenvalue weighted by Gasteiger charge is -2.23. The molecule has 4 atom stereocenters. The summed E-state index contributed by atoms with van der Waals surface area (Å²) in [6.45, 7) is 5.68. The summed E-state index contributed by atoms with van der Waals surface area (Å²) in [5.41, 5.74) is 2.17. The van der Waals surface area contributed by atoms with E-state index in [1.54, 1.807) is 0 Å². The summed E-state index contributed by atoms with van der Waals surface area (Å²) in [5.74, 6) is 0.171. The van der Waals surface area contributed by atoms with E-state index in [-0.39, 0.29) is 30.0 Å². The summed E-state index contributed by atoms with van der Waals surface area (Å²) >= 11 is 0. The molecule has 4 heteroatoms. The van der Waals surface area contributed by atoms with Crippen LogP contribution in [0.1, 0.15) is 23.8 Å². The maximum atomic E-state index is 13.1. The van der Waals surface area contributed by atoms with Gasteiger partial charge in [0.25, 0.3) is 0 Å². The Labute approximate surface area is 160 Å². The first-order chi connectivity index (χ1) is 13.3. The van der Waals surface area contributed by atoms with Crippen LogP contribution in [0.2, 0.25) is 0 Å². The van der Waals surface area contributed by atoms with E-state index in [0.717, 1.165) is 11.1 Å². The highest BCUT2D eigenvalue weighted by Crippen LogP contribution is 2.44. The second kappa shape index (κ2) is 8.07. The second-order valence-electron chi connectivity index (χ2n) is 7.16. The van der Waals surface area contributed by atoms with Crippen molar-refractivity contribution in [3.05, 3.63) is 84.4 Å². The van der Waals surface area contributed by atoms with E-state index < -0.39 is 0 Å². The molecule has 0 spiro atoms. The highest BCUT2D eigenvalue weighted by Gasteiger charge is 2.53. The minimum Gasteiger partial charge on any atom is -0.377 e. The van der Waals surface area contributed by atoms with Crippen molar-refractivity contribution < 1.29 is 14.3 Å². The van der Waals surface area contributed by atoms with Crippen molar-refractivity contribution in [2.24, 2.45) is 11.8 Å². The molecule has 2 aromatic carbocycles. The lowest BCUT2D eigenvalue weighted by Crippen LogP contribution is -2.32. The van der Waals surface area contributed by atoms with Crippen LogP contribution in [0.25, 0.3) is 0 Å². The third-order valence-corrected chi connectivity index (χ3v) is 5.56. The van der Waals surface area contributed by atoms with Gasteiger partial charge in [-0.05, 0) is 12.0 Å². The number of benzene rings is 2. The van der Waals surface area contributed by atoms with Gasteiger partial charge in [0.2, 0.25) is 5.91 Å². The van der Waals surface area contributed by atoms with E-state index in [2.05, 4.69) is 6.58 Å². The number of carbonyl (C=O) groups is 1. The number of hydrogen-bond donors (Lipinski definition) is 0. The minimum atomic E-state index is -0.290. The first-order valence-electron chi connectivity index (χ1n) is 9.52. The van der Waals surface area contributed by atoms with Crippen LogP contribution >= 0.6 is 0 Å². The Morgan fingerprint density at radius 2 is 1.81 bits per heavy atom. The van der Waals surface area contributed by atoms with Crippen LogP contribution in [0.15, 0.2) is 73.3 Å². The Morgan fingerprint density at radius 3 is 2.52 bits per heavy atom. The molecule has 0 aromatic heterocycles. The zero-order valence-electron chi connectivity index (χ0n) is 15.4. The van der Waals surface area contributed by atoms with Gasteiger partial charge in [-0.2, -0.15) is 0 Å². The summed E-state index contributed by atoms with van der Waals surface area (Å²) in [6.07, 6.45) is 2.33. The normalized spacial score (nSPS) is 27.0. The van der Waals surface area contributed by atoms with Gasteiger partial charge < -0.3 is 14.4 Å². The van der Waals surface area contributed by atoms with Crippen molar-refractivity contribution in [1.29, 1.82) is 0 Å². The third kappa shape index (κ3) is 3.55. The number of ether oxygens (including phenoxy) is 2. The topological polar surface area (TPSA) is 38.8 Å². The maximum absolute atomic E-state index is 13.1. The molecule has 2 aliphatic rings. The molecule has 2 aliphatic heterocycles. The molecule has 2 saturated heterocycles. The van der Waals surface area contributed by atoms with Gasteiger partial charge in [-0.3, -0.25) is 4.79 Å². The van der Waals surface area contributed by atoms with E-state index in [4.69, 9.17) is 9.47 Å². The highest BCUT2D eigenvalue weighted by molar-refractivity contribution is 5.83. The number of hydrogen-bond acceptors (Lipinski definition) is 3. The number of rotatable bonds is 7. The van der Waals surface area contributed by atoms with Gasteiger partial charge in [-0.15, -0.1) is 6.58 Å². The number of nitrogens with zero attached hydrogens (tertiary/aromatic N) is 1. The Hall–Kier alpha value is -2.43. The molecule has 0 saturated carbocycles. The van der Waals surface area contributed by atoms with E-state index in [9.17, 15) is 4.79 Å². The highest BCUT2D eigenvalue weighted by atomic mass is 16.5. The van der Waals surface area contributed by atoms with Crippen molar-refractivity contribution in [3.8, 4) is 0 Å². The molecule has 0 radical (unpaired) electrons. The molecular formula is C23H25NO3. The molecule has 1 amide bonds. The van der Waals surface area contributed by atoms with Crippen LogP contribution < -0.4 is 0 Å². The molecule has 2 aromatic rings. The van der Waals surface area contributed by atoms with Crippen LogP contribution in [-0.2, 0) is 20.9 Å². The molecule has 2 unspecified atom stereocenters. The van der Waals surface area contributed by atoms with E-state index in [1.807, 2.05) is 71.6 Å². The second-order valence-corrected chi connectivity index (χ2v) is 7.16. The third-order valence-electron chi connectivity index (χ3n) is 5.56. The van der Waals surface area contributed by atoms with Gasteiger partial charge in [0.05, 0.1) is 19.3 Å². The Bertz CT molecular complexity index is 777. The molecule has 27 heavy (non-hydrogen) atoms. The smallest absolute Gasteiger partial charge is 0.229 e. The molecule has 2 heterocycles. The van der Waals surface area contributed by atoms with Crippen molar-refractivity contribution in [1.82, 2.24) is 4.90 Å². The SMILES string of the molecule is C=C[C@@H]1C(CCOCc2ccccc2)C(=O)N2C1CO[C@H]2c1ccccc1. The van der Waals surface area contributed by atoms with Gasteiger partial charge in [0.15, 0.2) is 6.23 Å². The van der Waals surface area contributed by atoms with Gasteiger partial charge in [0, 0.05) is 24.0 Å². The Kier molecular flexibility index (Phi) is 5.37. The lowest BCUT2D eigenvalue weighted by molar-refractivity contribution is -0.138. The van der Waals surface area contributed by atoms with Crippen LogP contribution in [0, 0.1) is 11.8 Å². The summed E-state index contributed by atoms with van der Waals surface area (Å²) in [5, 5.41) is 0. The average molecular weight is 363 g/mol. The standard InChI is InChI=1S/C23H25NO3/c1-2-19-20(13-14-26-15-17-9-5-3-6-10-17)22(25)24-21(19)16-27-23(24)18-11-7-4-8-12-18/h2-12,19-21,23H,1,13-16H2/t19-,20?,21?,23+/m1/s1. The van der Waals surface area contributed by atoms with E-state index >= 15 is 0 Å². The van der Waals surface area contributed by atoms with Crippen molar-refractivity contribution in [2.45, 2.75) is 25.3 Å². The van der Waals surface area contributed by atoms with E-state index in [0.29, 0.717) is 26.2 Å². The fourth-order valence-corrected chi connectivity index (χ4v) is 4.21. The van der Waals surface area contributed by atoms with Crippen molar-refractivity contribution in [3.63, 3.8) is 0 Å². The largest absolute Gasteiger partial charge is 0.377 e. The molecule has 0 bridgehead atoms. The average Bonchev–Trinajstić information content (AvgIpc) is 3.26. The fourth-order valence-electron chi connectivity index (χ4n) is 4.21. The number of fused-ring (bicyclic) bond motifs is 1. The maximum Gasteiger partial charge on any atom is 0.229 e. The van der Waals surface area contributed by atoms with Crippen molar-refractivity contribution >= 4 is 5.91 Å². The predicted molar refractivity (Wildman–Crippen MR) is 104 cm³/mol. The first kappa shape index (κ1) is 18.0. The molecule has 2 fully saturated rings. The number of amides is 1. The molecule has 140 valence electrons. The molecule has 0 N–H and O–H groups in total. The summed E-state index contributed by atoms with van der Waals surface area (Å²) in [6, 6.07) is 20.1. The van der Waals surface area contributed by atoms with Crippen LogP contribution in [0.3, 0.4) is 0 Å². The predicted octanol–water partition coefficient (Wildman–Crippen LogP) is 3.95. The van der Waals surface area contributed by atoms with Crippen LogP contribution in [0.5, 0.6) is 0 Å². The quantitative estimate of drug-likeness (QED) is 0.552. The minimum absolute atomic E-state index is 0.0688. The zero-order chi connectivity index (χ0) is 18.6. The van der Waals surface area contributed by atoms with Gasteiger partial charge in [-0.25, -0.2) is 0 Å². The van der Waals surface area contributed by atoms with Crippen molar-refractivity contribution in [2.75, 3.05) is 13.2 Å². The zero-order valence-corrected chi connectivity index (χ0v) is 15.4. The van der Waals surface area contributed by atoms with Crippen LogP contribution in [0.4, 0.5) is 0 Å². The van der Waals surface area contributed by atoms with Gasteiger partial charge in [-0.1, -0.05) is 66.7 Å².